The molecule has 21 heavy (non-hydrogen) atoms. The van der Waals surface area contributed by atoms with E-state index in [0.29, 0.717) is 15.1 Å². The molecule has 2 rings (SSSR count). The number of amides is 1. The van der Waals surface area contributed by atoms with Crippen LogP contribution < -0.4 is 5.32 Å². The maximum absolute atomic E-state index is 12.2. The number of halogens is 3. The fraction of sp³-hybridized carbons (Fsp3) is 0. The molecule has 0 aliphatic heterocycles. The molecule has 2 N–H and O–H groups in total. The van der Waals surface area contributed by atoms with E-state index in [1.54, 1.807) is 18.2 Å². The van der Waals surface area contributed by atoms with Crippen molar-refractivity contribution < 1.29 is 14.7 Å². The Bertz CT molecular complexity index is 734. The van der Waals surface area contributed by atoms with Gasteiger partial charge in [-0.3, -0.25) is 4.79 Å². The topological polar surface area (TPSA) is 66.4 Å². The molecule has 0 spiro atoms. The van der Waals surface area contributed by atoms with E-state index in [9.17, 15) is 9.59 Å². The van der Waals surface area contributed by atoms with Crippen molar-refractivity contribution in [2.24, 2.45) is 0 Å². The van der Waals surface area contributed by atoms with Crippen LogP contribution in [-0.4, -0.2) is 17.0 Å². The molecule has 0 aliphatic rings. The number of anilines is 1. The van der Waals surface area contributed by atoms with Crippen molar-refractivity contribution in [3.8, 4) is 0 Å². The lowest BCUT2D eigenvalue weighted by molar-refractivity contribution is 0.0698. The van der Waals surface area contributed by atoms with Gasteiger partial charge in [0.25, 0.3) is 5.91 Å². The normalized spacial score (nSPS) is 10.2. The first-order valence-electron chi connectivity index (χ1n) is 5.68. The zero-order valence-corrected chi connectivity index (χ0v) is 13.5. The number of carbonyl (C=O) groups excluding carboxylic acids is 1. The molecule has 2 aromatic rings. The quantitative estimate of drug-likeness (QED) is 0.800. The summed E-state index contributed by atoms with van der Waals surface area (Å²) in [5.41, 5.74) is 0.314. The largest absolute Gasteiger partial charge is 0.478 e. The van der Waals surface area contributed by atoms with Crippen molar-refractivity contribution in [2.45, 2.75) is 0 Å². The average Bonchev–Trinajstić information content (AvgIpc) is 2.41. The first-order chi connectivity index (χ1) is 9.90. The minimum Gasteiger partial charge on any atom is -0.478 e. The number of aromatic carboxylic acids is 1. The van der Waals surface area contributed by atoms with Crippen molar-refractivity contribution >= 4 is 56.7 Å². The Morgan fingerprint density at radius 1 is 1.10 bits per heavy atom. The third-order valence-electron chi connectivity index (χ3n) is 2.66. The second kappa shape index (κ2) is 6.47. The van der Waals surface area contributed by atoms with Crippen LogP contribution in [0, 0.1) is 0 Å². The number of nitrogens with one attached hydrogen (secondary N) is 1. The van der Waals surface area contributed by atoms with Crippen LogP contribution >= 0.6 is 39.1 Å². The average molecular weight is 389 g/mol. The number of rotatable bonds is 3. The van der Waals surface area contributed by atoms with E-state index in [4.69, 9.17) is 28.3 Å². The van der Waals surface area contributed by atoms with Gasteiger partial charge in [0.15, 0.2) is 0 Å². The standard InChI is InChI=1S/C14H8BrCl2NO3/c15-8-6-7(4-5-9(8)16)13(19)18-11-3-1-2-10(17)12(11)14(20)21/h1-6H,(H,18,19)(H,20,21). The van der Waals surface area contributed by atoms with Gasteiger partial charge in [-0.25, -0.2) is 4.79 Å². The van der Waals surface area contributed by atoms with Gasteiger partial charge in [-0.15, -0.1) is 0 Å². The lowest BCUT2D eigenvalue weighted by Crippen LogP contribution is -2.15. The van der Waals surface area contributed by atoms with Gasteiger partial charge in [0, 0.05) is 10.0 Å². The highest BCUT2D eigenvalue weighted by Gasteiger charge is 2.17. The molecular formula is C14H8BrCl2NO3. The molecule has 0 saturated carbocycles. The SMILES string of the molecule is O=C(Nc1cccc(Cl)c1C(=O)O)c1ccc(Cl)c(Br)c1. The van der Waals surface area contributed by atoms with Gasteiger partial charge < -0.3 is 10.4 Å². The molecule has 0 fully saturated rings. The van der Waals surface area contributed by atoms with E-state index in [0.717, 1.165) is 0 Å². The molecule has 0 aliphatic carbocycles. The second-order valence-electron chi connectivity index (χ2n) is 4.05. The number of hydrogen-bond acceptors (Lipinski definition) is 2. The van der Waals surface area contributed by atoms with Crippen LogP contribution in [0.2, 0.25) is 10.0 Å². The smallest absolute Gasteiger partial charge is 0.339 e. The van der Waals surface area contributed by atoms with E-state index in [-0.39, 0.29) is 16.3 Å². The molecular weight excluding hydrogens is 381 g/mol. The zero-order chi connectivity index (χ0) is 15.6. The lowest BCUT2D eigenvalue weighted by atomic mass is 10.1. The second-order valence-corrected chi connectivity index (χ2v) is 5.72. The minimum atomic E-state index is -1.21. The molecule has 0 aromatic heterocycles. The maximum atomic E-state index is 12.2. The van der Waals surface area contributed by atoms with Crippen LogP contribution in [0.1, 0.15) is 20.7 Å². The zero-order valence-electron chi connectivity index (χ0n) is 10.4. The number of carbonyl (C=O) groups is 2. The van der Waals surface area contributed by atoms with Crippen LogP contribution in [0.4, 0.5) is 5.69 Å². The molecule has 0 saturated heterocycles. The molecule has 108 valence electrons. The monoisotopic (exact) mass is 387 g/mol. The van der Waals surface area contributed by atoms with Gasteiger partial charge in [0.05, 0.1) is 15.7 Å². The Hall–Kier alpha value is -1.56. The molecule has 0 atom stereocenters. The first kappa shape index (κ1) is 15.8. The van der Waals surface area contributed by atoms with Gasteiger partial charge in [-0.1, -0.05) is 29.3 Å². The highest BCUT2D eigenvalue weighted by molar-refractivity contribution is 9.10. The summed E-state index contributed by atoms with van der Waals surface area (Å²) in [7, 11) is 0. The van der Waals surface area contributed by atoms with Gasteiger partial charge in [0.1, 0.15) is 5.56 Å². The van der Waals surface area contributed by atoms with Crippen molar-refractivity contribution in [2.75, 3.05) is 5.32 Å². The summed E-state index contributed by atoms with van der Waals surface area (Å²) < 4.78 is 0.571. The number of benzene rings is 2. The van der Waals surface area contributed by atoms with Crippen molar-refractivity contribution in [3.05, 3.63) is 62.0 Å². The molecule has 0 radical (unpaired) electrons. The van der Waals surface area contributed by atoms with Gasteiger partial charge in [-0.05, 0) is 46.3 Å². The van der Waals surface area contributed by atoms with Gasteiger partial charge in [-0.2, -0.15) is 0 Å². The minimum absolute atomic E-state index is 0.0533. The van der Waals surface area contributed by atoms with Gasteiger partial charge in [0.2, 0.25) is 0 Å². The van der Waals surface area contributed by atoms with E-state index < -0.39 is 11.9 Å². The Balaban J connectivity index is 2.34. The number of hydrogen-bond donors (Lipinski definition) is 2. The first-order valence-corrected chi connectivity index (χ1v) is 7.23. The number of carboxylic acid groups (broad SMARTS) is 1. The van der Waals surface area contributed by atoms with E-state index >= 15 is 0 Å². The summed E-state index contributed by atoms with van der Waals surface area (Å²) in [5.74, 6) is -1.68. The van der Waals surface area contributed by atoms with E-state index in [1.165, 1.54) is 18.2 Å². The third kappa shape index (κ3) is 3.56. The summed E-state index contributed by atoms with van der Waals surface area (Å²) >= 11 is 14.9. The summed E-state index contributed by atoms with van der Waals surface area (Å²) in [5, 5.41) is 12.2. The van der Waals surface area contributed by atoms with Crippen molar-refractivity contribution in [1.29, 1.82) is 0 Å². The fourth-order valence-corrected chi connectivity index (χ4v) is 2.43. The Labute approximate surface area is 138 Å². The summed E-state index contributed by atoms with van der Waals surface area (Å²) in [6, 6.07) is 9.12. The fourth-order valence-electron chi connectivity index (χ4n) is 1.68. The molecule has 2 aromatic carbocycles. The van der Waals surface area contributed by atoms with E-state index in [1.807, 2.05) is 0 Å². The Morgan fingerprint density at radius 3 is 2.43 bits per heavy atom. The highest BCUT2D eigenvalue weighted by Crippen LogP contribution is 2.26. The molecule has 0 unspecified atom stereocenters. The number of carboxylic acids is 1. The van der Waals surface area contributed by atoms with Crippen LogP contribution in [0.15, 0.2) is 40.9 Å². The van der Waals surface area contributed by atoms with Crippen molar-refractivity contribution in [1.82, 2.24) is 0 Å². The summed E-state index contributed by atoms with van der Waals surface area (Å²) in [4.78, 5) is 23.4. The van der Waals surface area contributed by atoms with Crippen molar-refractivity contribution in [3.63, 3.8) is 0 Å². The molecule has 7 heteroatoms. The Kier molecular flexibility index (Phi) is 4.88. The molecule has 4 nitrogen and oxygen atoms in total. The predicted octanol–water partition coefficient (Wildman–Crippen LogP) is 4.71. The van der Waals surface area contributed by atoms with E-state index in [2.05, 4.69) is 21.2 Å². The van der Waals surface area contributed by atoms with Crippen LogP contribution in [0.25, 0.3) is 0 Å². The van der Waals surface area contributed by atoms with Crippen LogP contribution in [0.3, 0.4) is 0 Å². The third-order valence-corrected chi connectivity index (χ3v) is 4.19. The summed E-state index contributed by atoms with van der Waals surface area (Å²) in [6.07, 6.45) is 0. The lowest BCUT2D eigenvalue weighted by Gasteiger charge is -2.10. The highest BCUT2D eigenvalue weighted by atomic mass is 79.9. The van der Waals surface area contributed by atoms with Crippen LogP contribution in [0.5, 0.6) is 0 Å². The summed E-state index contributed by atoms with van der Waals surface area (Å²) in [6.45, 7) is 0. The Morgan fingerprint density at radius 2 is 1.81 bits per heavy atom. The molecule has 1 amide bonds. The molecule has 0 bridgehead atoms. The van der Waals surface area contributed by atoms with Crippen LogP contribution in [-0.2, 0) is 0 Å². The van der Waals surface area contributed by atoms with Gasteiger partial charge >= 0.3 is 5.97 Å². The molecule has 0 heterocycles. The maximum Gasteiger partial charge on any atom is 0.339 e. The predicted molar refractivity (Wildman–Crippen MR) is 85.5 cm³/mol.